The number of carbonyl (C=O) groups is 1. The van der Waals surface area contributed by atoms with Gasteiger partial charge in [0.15, 0.2) is 11.6 Å². The van der Waals surface area contributed by atoms with Gasteiger partial charge in [-0.15, -0.1) is 0 Å². The van der Waals surface area contributed by atoms with Crippen LogP contribution >= 0.6 is 0 Å². The third-order valence-corrected chi connectivity index (χ3v) is 7.99. The molecule has 38 heavy (non-hydrogen) atoms. The summed E-state index contributed by atoms with van der Waals surface area (Å²) in [7, 11) is -0.791. The number of anilines is 1. The molecule has 12 heteroatoms. The Balaban J connectivity index is 1.42. The number of hydrogen-bond acceptors (Lipinski definition) is 9. The molecule has 2 aliphatic carbocycles. The SMILES string of the molecule is COC1=CC(NC2=C(NS(=O)(=O)c3cccc(NC(=O)C4CNC4)c3)NC3=CCCC=C3N2)=CC(OC)C1. The standard InChI is InChI=1S/C26H32N6O5S/c1-36-19-10-18(11-20(13-19)37-2)28-24-25(31-23-9-4-3-8-22(23)30-24)32-38(34,35)21-7-5-6-17(12-21)29-26(33)16-14-27-15-16/h5-12,16,19,27-28,30-32H,3-4,13-15H2,1-2H3,(H,29,33). The van der Waals surface area contributed by atoms with Crippen molar-refractivity contribution in [3.63, 3.8) is 0 Å². The number of sulfonamides is 1. The smallest absolute Gasteiger partial charge is 0.263 e. The first-order valence-corrected chi connectivity index (χ1v) is 13.9. The second-order valence-corrected chi connectivity index (χ2v) is 11.0. The van der Waals surface area contributed by atoms with Crippen LogP contribution in [0.15, 0.2) is 88.0 Å². The molecule has 1 atom stereocenters. The van der Waals surface area contributed by atoms with Gasteiger partial charge >= 0.3 is 0 Å². The molecular weight excluding hydrogens is 508 g/mol. The van der Waals surface area contributed by atoms with E-state index in [9.17, 15) is 13.2 Å². The summed E-state index contributed by atoms with van der Waals surface area (Å²) in [6, 6.07) is 6.20. The lowest BCUT2D eigenvalue weighted by atomic mass is 10.0. The molecule has 2 aliphatic heterocycles. The van der Waals surface area contributed by atoms with Gasteiger partial charge < -0.3 is 36.1 Å². The third kappa shape index (κ3) is 5.72. The highest BCUT2D eigenvalue weighted by molar-refractivity contribution is 7.89. The van der Waals surface area contributed by atoms with E-state index >= 15 is 0 Å². The summed E-state index contributed by atoms with van der Waals surface area (Å²) in [6.07, 6.45) is 9.96. The highest BCUT2D eigenvalue weighted by Crippen LogP contribution is 2.25. The summed E-state index contributed by atoms with van der Waals surface area (Å²) in [5.41, 5.74) is 2.75. The van der Waals surface area contributed by atoms with Crippen LogP contribution in [-0.2, 0) is 24.3 Å². The van der Waals surface area contributed by atoms with E-state index in [1.807, 2.05) is 18.2 Å². The second kappa shape index (κ2) is 10.9. The van der Waals surface area contributed by atoms with E-state index in [4.69, 9.17) is 9.47 Å². The number of hydrogen-bond donors (Lipinski definition) is 6. The number of allylic oxidation sites excluding steroid dienone is 3. The quantitative estimate of drug-likeness (QED) is 0.274. The lowest BCUT2D eigenvalue weighted by Crippen LogP contribution is -2.48. The molecule has 0 aromatic heterocycles. The van der Waals surface area contributed by atoms with Crippen LogP contribution in [0.25, 0.3) is 0 Å². The highest BCUT2D eigenvalue weighted by atomic mass is 32.2. The Morgan fingerprint density at radius 3 is 2.45 bits per heavy atom. The van der Waals surface area contributed by atoms with E-state index in [2.05, 4.69) is 37.4 Å². The molecule has 1 unspecified atom stereocenters. The Kier molecular flexibility index (Phi) is 7.45. The first kappa shape index (κ1) is 25.9. The van der Waals surface area contributed by atoms with Gasteiger partial charge in [0.1, 0.15) is 5.76 Å². The lowest BCUT2D eigenvalue weighted by Gasteiger charge is -2.31. The van der Waals surface area contributed by atoms with Crippen LogP contribution in [-0.4, -0.2) is 47.7 Å². The topological polar surface area (TPSA) is 142 Å². The number of carbonyl (C=O) groups excluding carboxylic acids is 1. The van der Waals surface area contributed by atoms with Crippen molar-refractivity contribution in [2.45, 2.75) is 30.3 Å². The maximum absolute atomic E-state index is 13.5. The fourth-order valence-electron chi connectivity index (χ4n) is 4.38. The average molecular weight is 541 g/mol. The van der Waals surface area contributed by atoms with Crippen LogP contribution < -0.4 is 31.3 Å². The predicted octanol–water partition coefficient (Wildman–Crippen LogP) is 1.43. The predicted molar refractivity (Wildman–Crippen MR) is 142 cm³/mol. The van der Waals surface area contributed by atoms with Crippen LogP contribution in [0.4, 0.5) is 5.69 Å². The van der Waals surface area contributed by atoms with E-state index in [1.54, 1.807) is 26.4 Å². The molecule has 1 fully saturated rings. The molecule has 1 aromatic rings. The highest BCUT2D eigenvalue weighted by Gasteiger charge is 2.28. The largest absolute Gasteiger partial charge is 0.501 e. The molecule has 0 spiro atoms. The van der Waals surface area contributed by atoms with Gasteiger partial charge in [-0.2, -0.15) is 0 Å². The van der Waals surface area contributed by atoms with Gasteiger partial charge in [0, 0.05) is 38.0 Å². The lowest BCUT2D eigenvalue weighted by molar-refractivity contribution is -0.121. The van der Waals surface area contributed by atoms with Crippen LogP contribution in [0.5, 0.6) is 0 Å². The van der Waals surface area contributed by atoms with E-state index in [0.29, 0.717) is 36.7 Å². The second-order valence-electron chi connectivity index (χ2n) is 9.33. The molecule has 6 N–H and O–H groups in total. The monoisotopic (exact) mass is 540 g/mol. The summed E-state index contributed by atoms with van der Waals surface area (Å²) < 4.78 is 40.6. The minimum absolute atomic E-state index is 0.0209. The van der Waals surface area contributed by atoms with E-state index in [1.165, 1.54) is 12.1 Å². The van der Waals surface area contributed by atoms with E-state index in [0.717, 1.165) is 30.0 Å². The molecular formula is C26H32N6O5S. The number of rotatable bonds is 9. The summed E-state index contributed by atoms with van der Waals surface area (Å²) in [5.74, 6) is 1.15. The zero-order valence-corrected chi connectivity index (χ0v) is 22.1. The number of fused-ring (bicyclic) bond motifs is 1. The van der Waals surface area contributed by atoms with Crippen molar-refractivity contribution in [1.82, 2.24) is 26.0 Å². The van der Waals surface area contributed by atoms with Crippen LogP contribution in [0.2, 0.25) is 0 Å². The number of nitrogens with one attached hydrogen (secondary N) is 6. The van der Waals surface area contributed by atoms with Crippen molar-refractivity contribution in [2.75, 3.05) is 32.6 Å². The average Bonchev–Trinajstić information content (AvgIpc) is 2.87. The summed E-state index contributed by atoms with van der Waals surface area (Å²) in [5, 5.41) is 15.7. The molecule has 2 heterocycles. The minimum atomic E-state index is -4.02. The van der Waals surface area contributed by atoms with Gasteiger partial charge in [0.05, 0.1) is 35.4 Å². The zero-order valence-electron chi connectivity index (χ0n) is 21.3. The van der Waals surface area contributed by atoms with Crippen LogP contribution in [0.3, 0.4) is 0 Å². The Morgan fingerprint density at radius 1 is 1.05 bits per heavy atom. The van der Waals surface area contributed by atoms with Crippen molar-refractivity contribution in [2.24, 2.45) is 5.92 Å². The molecule has 1 aromatic carbocycles. The minimum Gasteiger partial charge on any atom is -0.501 e. The van der Waals surface area contributed by atoms with Gasteiger partial charge in [0.2, 0.25) is 5.91 Å². The van der Waals surface area contributed by atoms with E-state index in [-0.39, 0.29) is 28.6 Å². The van der Waals surface area contributed by atoms with Gasteiger partial charge in [0.25, 0.3) is 10.0 Å². The number of methoxy groups -OCH3 is 2. The number of benzene rings is 1. The first-order valence-electron chi connectivity index (χ1n) is 12.4. The molecule has 0 radical (unpaired) electrons. The van der Waals surface area contributed by atoms with Crippen molar-refractivity contribution in [3.05, 3.63) is 83.1 Å². The van der Waals surface area contributed by atoms with Crippen molar-refractivity contribution < 1.29 is 22.7 Å². The van der Waals surface area contributed by atoms with Crippen LogP contribution in [0.1, 0.15) is 19.3 Å². The maximum Gasteiger partial charge on any atom is 0.263 e. The molecule has 5 rings (SSSR count). The number of ether oxygens (including phenoxy) is 2. The van der Waals surface area contributed by atoms with Crippen molar-refractivity contribution in [3.8, 4) is 0 Å². The Labute approximate surface area is 222 Å². The molecule has 4 aliphatic rings. The molecule has 0 saturated carbocycles. The summed E-state index contributed by atoms with van der Waals surface area (Å²) >= 11 is 0. The van der Waals surface area contributed by atoms with Gasteiger partial charge in [-0.25, -0.2) is 8.42 Å². The summed E-state index contributed by atoms with van der Waals surface area (Å²) in [6.45, 7) is 1.23. The fraction of sp³-hybridized carbons (Fsp3) is 0.346. The third-order valence-electron chi connectivity index (χ3n) is 6.64. The molecule has 202 valence electrons. The van der Waals surface area contributed by atoms with E-state index < -0.39 is 10.0 Å². The molecule has 1 saturated heterocycles. The summed E-state index contributed by atoms with van der Waals surface area (Å²) in [4.78, 5) is 12.4. The number of amides is 1. The maximum atomic E-state index is 13.5. The normalized spacial score (nSPS) is 21.3. The Morgan fingerprint density at radius 2 is 1.79 bits per heavy atom. The van der Waals surface area contributed by atoms with Gasteiger partial charge in [-0.1, -0.05) is 18.2 Å². The van der Waals surface area contributed by atoms with Crippen molar-refractivity contribution in [1.29, 1.82) is 0 Å². The molecule has 1 amide bonds. The zero-order chi connectivity index (χ0) is 26.7. The van der Waals surface area contributed by atoms with Gasteiger partial charge in [-0.3, -0.25) is 9.52 Å². The first-order chi connectivity index (χ1) is 18.3. The Bertz CT molecular complexity index is 1370. The van der Waals surface area contributed by atoms with Crippen LogP contribution in [0, 0.1) is 5.92 Å². The fourth-order valence-corrected chi connectivity index (χ4v) is 5.46. The molecule has 11 nitrogen and oxygen atoms in total. The Hall–Kier alpha value is -3.74. The van der Waals surface area contributed by atoms with Crippen molar-refractivity contribution >= 4 is 21.6 Å². The molecule has 0 bridgehead atoms. The van der Waals surface area contributed by atoms with Gasteiger partial charge in [-0.05, 0) is 43.2 Å².